The van der Waals surface area contributed by atoms with Crippen molar-refractivity contribution >= 4 is 28.2 Å². The fourth-order valence-corrected chi connectivity index (χ4v) is 3.59. The molecule has 2 heterocycles. The van der Waals surface area contributed by atoms with Crippen molar-refractivity contribution in [2.24, 2.45) is 0 Å². The van der Waals surface area contributed by atoms with E-state index in [1.54, 1.807) is 18.0 Å². The number of aromatic nitrogens is 2. The summed E-state index contributed by atoms with van der Waals surface area (Å²) in [5.41, 5.74) is 6.56. The predicted molar refractivity (Wildman–Crippen MR) is 71.4 cm³/mol. The molecule has 0 bridgehead atoms. The van der Waals surface area contributed by atoms with Gasteiger partial charge in [0.05, 0.1) is 20.8 Å². The molecular weight excluding hydrogens is 254 g/mol. The zero-order valence-electron chi connectivity index (χ0n) is 10.3. The van der Waals surface area contributed by atoms with Crippen molar-refractivity contribution in [2.75, 3.05) is 5.73 Å². The summed E-state index contributed by atoms with van der Waals surface area (Å²) in [5, 5.41) is 0.586. The molecule has 0 amide bonds. The Kier molecular flexibility index (Phi) is 3.18. The topological polar surface area (TPSA) is 64.9 Å². The van der Waals surface area contributed by atoms with Crippen LogP contribution in [0.5, 0.6) is 0 Å². The van der Waals surface area contributed by atoms with Crippen molar-refractivity contribution in [3.63, 3.8) is 0 Å². The van der Waals surface area contributed by atoms with Crippen LogP contribution in [0, 0.1) is 13.8 Å². The smallest absolute Gasteiger partial charge is 0.210 e. The van der Waals surface area contributed by atoms with E-state index in [1.807, 2.05) is 13.8 Å². The summed E-state index contributed by atoms with van der Waals surface area (Å²) in [5.74, 6) is 1.61. The minimum Gasteiger partial charge on any atom is -0.444 e. The lowest BCUT2D eigenvalue weighted by atomic mass is 10.2. The lowest BCUT2D eigenvalue weighted by Gasteiger charge is -2.18. The summed E-state index contributed by atoms with van der Waals surface area (Å²) in [4.78, 5) is 8.49. The molecule has 0 radical (unpaired) electrons. The van der Waals surface area contributed by atoms with Gasteiger partial charge in [0.25, 0.3) is 0 Å². The highest BCUT2D eigenvalue weighted by Crippen LogP contribution is 2.43. The minimum absolute atomic E-state index is 0.224. The van der Waals surface area contributed by atoms with E-state index in [0.29, 0.717) is 5.13 Å². The maximum Gasteiger partial charge on any atom is 0.210 e. The molecule has 0 atom stereocenters. The molecule has 0 aliphatic rings. The number of nitrogens with two attached hydrogens (primary N) is 1. The van der Waals surface area contributed by atoms with E-state index in [0.717, 1.165) is 21.6 Å². The molecule has 6 heteroatoms. The SMILES string of the molecule is Cc1nc(C(C)(C)Sc2cnc(N)s2)oc1C. The number of rotatable bonds is 3. The summed E-state index contributed by atoms with van der Waals surface area (Å²) < 4.78 is 6.53. The van der Waals surface area contributed by atoms with Gasteiger partial charge in [0, 0.05) is 0 Å². The summed E-state index contributed by atoms with van der Waals surface area (Å²) in [6.07, 6.45) is 1.79. The second-order valence-corrected chi connectivity index (χ2v) is 7.28. The first-order valence-corrected chi connectivity index (χ1v) is 6.86. The van der Waals surface area contributed by atoms with E-state index in [9.17, 15) is 0 Å². The molecule has 0 saturated heterocycles. The summed E-state index contributed by atoms with van der Waals surface area (Å²) in [6.45, 7) is 8.04. The van der Waals surface area contributed by atoms with Crippen LogP contribution in [0.25, 0.3) is 0 Å². The third kappa shape index (κ3) is 2.63. The van der Waals surface area contributed by atoms with Crippen molar-refractivity contribution in [3.05, 3.63) is 23.5 Å². The Morgan fingerprint density at radius 1 is 1.41 bits per heavy atom. The van der Waals surface area contributed by atoms with Crippen molar-refractivity contribution in [3.8, 4) is 0 Å². The van der Waals surface area contributed by atoms with E-state index in [-0.39, 0.29) is 4.75 Å². The number of hydrogen-bond donors (Lipinski definition) is 1. The molecule has 0 saturated carbocycles. The number of anilines is 1. The Hall–Kier alpha value is -1.01. The molecule has 0 aliphatic carbocycles. The van der Waals surface area contributed by atoms with Crippen molar-refractivity contribution < 1.29 is 4.42 Å². The third-order valence-electron chi connectivity index (χ3n) is 2.40. The van der Waals surface area contributed by atoms with Gasteiger partial charge in [-0.25, -0.2) is 9.97 Å². The number of nitrogens with zero attached hydrogens (tertiary/aromatic N) is 2. The van der Waals surface area contributed by atoms with Gasteiger partial charge in [0.15, 0.2) is 5.13 Å². The molecule has 0 aliphatic heterocycles. The second-order valence-electron chi connectivity index (χ2n) is 4.29. The lowest BCUT2D eigenvalue weighted by molar-refractivity contribution is 0.433. The van der Waals surface area contributed by atoms with Crippen molar-refractivity contribution in [1.82, 2.24) is 9.97 Å². The molecule has 2 N–H and O–H groups in total. The molecular formula is C11H15N3OS2. The fraction of sp³-hybridized carbons (Fsp3) is 0.455. The van der Waals surface area contributed by atoms with Crippen LogP contribution < -0.4 is 5.73 Å². The van der Waals surface area contributed by atoms with Crippen LogP contribution in [0.4, 0.5) is 5.13 Å². The first kappa shape index (κ1) is 12.4. The number of thioether (sulfide) groups is 1. The number of thiazole rings is 1. The summed E-state index contributed by atoms with van der Waals surface area (Å²) in [7, 11) is 0. The quantitative estimate of drug-likeness (QED) is 0.865. The van der Waals surface area contributed by atoms with Crippen LogP contribution in [0.2, 0.25) is 0 Å². The standard InChI is InChI=1S/C11H15N3OS2/c1-6-7(2)15-9(14-6)11(3,4)17-8-5-13-10(12)16-8/h5H,1-4H3,(H2,12,13). The maximum absolute atomic E-state index is 5.68. The fourth-order valence-electron chi connectivity index (χ4n) is 1.34. The van der Waals surface area contributed by atoms with Gasteiger partial charge in [-0.05, 0) is 27.7 Å². The maximum atomic E-state index is 5.68. The van der Waals surface area contributed by atoms with E-state index in [2.05, 4.69) is 23.8 Å². The van der Waals surface area contributed by atoms with Gasteiger partial charge in [-0.3, -0.25) is 0 Å². The normalized spacial score (nSPS) is 12.0. The third-order valence-corrected chi connectivity index (χ3v) is 4.51. The summed E-state index contributed by atoms with van der Waals surface area (Å²) in [6, 6.07) is 0. The highest BCUT2D eigenvalue weighted by molar-refractivity contribution is 8.02. The Labute approximate surface area is 109 Å². The highest BCUT2D eigenvalue weighted by Gasteiger charge is 2.29. The molecule has 0 aromatic carbocycles. The molecule has 4 nitrogen and oxygen atoms in total. The van der Waals surface area contributed by atoms with E-state index in [1.165, 1.54) is 11.3 Å². The Balaban J connectivity index is 2.24. The molecule has 0 unspecified atom stereocenters. The molecule has 92 valence electrons. The zero-order valence-corrected chi connectivity index (χ0v) is 11.9. The number of oxazole rings is 1. The van der Waals surface area contributed by atoms with Gasteiger partial charge in [0.2, 0.25) is 5.89 Å². The van der Waals surface area contributed by atoms with Crippen LogP contribution in [-0.2, 0) is 4.75 Å². The van der Waals surface area contributed by atoms with Gasteiger partial charge in [-0.1, -0.05) is 23.1 Å². The second kappa shape index (κ2) is 4.34. The average molecular weight is 269 g/mol. The van der Waals surface area contributed by atoms with Crippen LogP contribution in [0.1, 0.15) is 31.2 Å². The van der Waals surface area contributed by atoms with E-state index in [4.69, 9.17) is 10.2 Å². The first-order valence-electron chi connectivity index (χ1n) is 5.23. The molecule has 0 fully saturated rings. The first-order chi connectivity index (χ1) is 7.88. The van der Waals surface area contributed by atoms with Gasteiger partial charge >= 0.3 is 0 Å². The van der Waals surface area contributed by atoms with Crippen molar-refractivity contribution in [2.45, 2.75) is 36.7 Å². The molecule has 2 aromatic rings. The summed E-state index contributed by atoms with van der Waals surface area (Å²) >= 11 is 3.14. The van der Waals surface area contributed by atoms with Crippen LogP contribution in [-0.4, -0.2) is 9.97 Å². The Morgan fingerprint density at radius 2 is 2.12 bits per heavy atom. The molecule has 17 heavy (non-hydrogen) atoms. The lowest BCUT2D eigenvalue weighted by Crippen LogP contribution is -2.11. The molecule has 0 spiro atoms. The Morgan fingerprint density at radius 3 is 2.59 bits per heavy atom. The monoisotopic (exact) mass is 269 g/mol. The molecule has 2 rings (SSSR count). The Bertz CT molecular complexity index is 511. The number of aryl methyl sites for hydroxylation is 2. The number of hydrogen-bond acceptors (Lipinski definition) is 6. The van der Waals surface area contributed by atoms with Gasteiger partial charge in [0.1, 0.15) is 5.76 Å². The predicted octanol–water partition coefficient (Wildman–Crippen LogP) is 3.36. The van der Waals surface area contributed by atoms with Crippen LogP contribution in [0.3, 0.4) is 0 Å². The van der Waals surface area contributed by atoms with E-state index >= 15 is 0 Å². The average Bonchev–Trinajstić information content (AvgIpc) is 2.75. The molecule has 2 aromatic heterocycles. The van der Waals surface area contributed by atoms with Crippen LogP contribution >= 0.6 is 23.1 Å². The van der Waals surface area contributed by atoms with Gasteiger partial charge in [-0.15, -0.1) is 0 Å². The minimum atomic E-state index is -0.224. The van der Waals surface area contributed by atoms with Gasteiger partial charge in [-0.2, -0.15) is 0 Å². The van der Waals surface area contributed by atoms with Gasteiger partial charge < -0.3 is 10.2 Å². The largest absolute Gasteiger partial charge is 0.444 e. The van der Waals surface area contributed by atoms with Crippen molar-refractivity contribution in [1.29, 1.82) is 0 Å². The zero-order chi connectivity index (χ0) is 12.6. The van der Waals surface area contributed by atoms with E-state index < -0.39 is 0 Å². The highest BCUT2D eigenvalue weighted by atomic mass is 32.2. The van der Waals surface area contributed by atoms with Crippen LogP contribution in [0.15, 0.2) is 14.8 Å². The number of nitrogen functional groups attached to an aromatic ring is 1.